The summed E-state index contributed by atoms with van der Waals surface area (Å²) in [6.07, 6.45) is 6.01. The van der Waals surface area contributed by atoms with Crippen molar-refractivity contribution in [2.24, 2.45) is 0 Å². The number of benzene rings is 1. The number of aliphatic hydroxyl groups excluding tert-OH is 1. The van der Waals surface area contributed by atoms with Crippen molar-refractivity contribution in [3.05, 3.63) is 53.6 Å². The van der Waals surface area contributed by atoms with Gasteiger partial charge in [-0.15, -0.1) is 0 Å². The predicted octanol–water partition coefficient (Wildman–Crippen LogP) is 3.93. The lowest BCUT2D eigenvalue weighted by Crippen LogP contribution is -2.29. The molecular formula is C18H24O3. The minimum atomic E-state index is -0.431. The Hall–Kier alpha value is -1.87. The van der Waals surface area contributed by atoms with Crippen molar-refractivity contribution in [3.63, 3.8) is 0 Å². The molecule has 0 radical (unpaired) electrons. The number of aliphatic hydroxyl groups is 1. The third kappa shape index (κ3) is 5.20. The molecule has 0 saturated heterocycles. The second-order valence-corrected chi connectivity index (χ2v) is 5.43. The van der Waals surface area contributed by atoms with Gasteiger partial charge < -0.3 is 9.84 Å². The Bertz CT molecular complexity index is 522. The Kier molecular flexibility index (Phi) is 6.38. The number of carbonyl (C=O) groups excluding carboxylic acids is 1. The molecule has 0 fully saturated rings. The van der Waals surface area contributed by atoms with Gasteiger partial charge in [0, 0.05) is 24.2 Å². The fraction of sp³-hybridized carbons (Fsp3) is 0.389. The van der Waals surface area contributed by atoms with E-state index >= 15 is 0 Å². The number of ketones is 1. The van der Waals surface area contributed by atoms with Gasteiger partial charge in [0.15, 0.2) is 5.78 Å². The number of rotatable bonds is 7. The van der Waals surface area contributed by atoms with Crippen LogP contribution in [0.25, 0.3) is 0 Å². The zero-order valence-electron chi connectivity index (χ0n) is 13.2. The molecule has 0 aliphatic rings. The molecule has 114 valence electrons. The van der Waals surface area contributed by atoms with Crippen molar-refractivity contribution in [3.8, 4) is 5.75 Å². The monoisotopic (exact) mass is 288 g/mol. The highest BCUT2D eigenvalue weighted by molar-refractivity contribution is 6.10. The van der Waals surface area contributed by atoms with Gasteiger partial charge >= 0.3 is 0 Å². The molecule has 0 atom stereocenters. The molecule has 3 heteroatoms. The molecule has 0 amide bonds. The van der Waals surface area contributed by atoms with Crippen LogP contribution in [0.1, 0.15) is 44.5 Å². The summed E-state index contributed by atoms with van der Waals surface area (Å²) in [6, 6.07) is 7.10. The highest BCUT2D eigenvalue weighted by Crippen LogP contribution is 2.22. The molecule has 0 bridgehead atoms. The first-order valence-electron chi connectivity index (χ1n) is 7.17. The SMILES string of the molecule is C/C=C\C(=C/C)C(=O)c1ccc(OC(C)(C)CCO)cc1. The molecule has 0 aliphatic carbocycles. The lowest BCUT2D eigenvalue weighted by Gasteiger charge is -2.25. The maximum absolute atomic E-state index is 12.3. The number of Topliss-reactive ketones (excluding diaryl/α,β-unsaturated/α-hetero) is 1. The van der Waals surface area contributed by atoms with E-state index in [1.807, 2.05) is 33.8 Å². The second-order valence-electron chi connectivity index (χ2n) is 5.43. The van der Waals surface area contributed by atoms with E-state index in [-0.39, 0.29) is 12.4 Å². The fourth-order valence-electron chi connectivity index (χ4n) is 1.96. The minimum Gasteiger partial charge on any atom is -0.488 e. The molecule has 1 rings (SSSR count). The number of allylic oxidation sites excluding steroid dienone is 4. The maximum atomic E-state index is 12.3. The third-order valence-corrected chi connectivity index (χ3v) is 3.14. The summed E-state index contributed by atoms with van der Waals surface area (Å²) in [5.74, 6) is 0.690. The van der Waals surface area contributed by atoms with Crippen molar-refractivity contribution in [1.82, 2.24) is 0 Å². The smallest absolute Gasteiger partial charge is 0.192 e. The van der Waals surface area contributed by atoms with Crippen LogP contribution in [0.2, 0.25) is 0 Å². The van der Waals surface area contributed by atoms with Crippen molar-refractivity contribution in [2.45, 2.75) is 39.7 Å². The van der Waals surface area contributed by atoms with E-state index in [4.69, 9.17) is 9.84 Å². The van der Waals surface area contributed by atoms with Gasteiger partial charge in [-0.25, -0.2) is 0 Å². The van der Waals surface area contributed by atoms with Crippen LogP contribution < -0.4 is 4.74 Å². The number of carbonyl (C=O) groups is 1. The van der Waals surface area contributed by atoms with E-state index in [1.165, 1.54) is 0 Å². The number of hydrogen-bond acceptors (Lipinski definition) is 3. The zero-order chi connectivity index (χ0) is 15.9. The highest BCUT2D eigenvalue weighted by Gasteiger charge is 2.19. The van der Waals surface area contributed by atoms with Crippen LogP contribution in [0.15, 0.2) is 48.1 Å². The molecule has 1 aromatic carbocycles. The molecule has 1 N–H and O–H groups in total. The van der Waals surface area contributed by atoms with E-state index in [0.29, 0.717) is 23.3 Å². The summed E-state index contributed by atoms with van der Waals surface area (Å²) in [5.41, 5.74) is 0.875. The summed E-state index contributed by atoms with van der Waals surface area (Å²) in [5, 5.41) is 9.00. The lowest BCUT2D eigenvalue weighted by atomic mass is 10.0. The molecule has 0 aromatic heterocycles. The average molecular weight is 288 g/mol. The van der Waals surface area contributed by atoms with Crippen LogP contribution in [0.4, 0.5) is 0 Å². The normalized spacial score (nSPS) is 12.7. The van der Waals surface area contributed by atoms with Crippen LogP contribution in [0.3, 0.4) is 0 Å². The summed E-state index contributed by atoms with van der Waals surface area (Å²) < 4.78 is 5.81. The van der Waals surface area contributed by atoms with E-state index in [0.717, 1.165) is 0 Å². The summed E-state index contributed by atoms with van der Waals surface area (Å²) >= 11 is 0. The Morgan fingerprint density at radius 2 is 1.86 bits per heavy atom. The Morgan fingerprint density at radius 1 is 1.24 bits per heavy atom. The predicted molar refractivity (Wildman–Crippen MR) is 85.8 cm³/mol. The van der Waals surface area contributed by atoms with Gasteiger partial charge in [-0.2, -0.15) is 0 Å². The van der Waals surface area contributed by atoms with Crippen molar-refractivity contribution in [1.29, 1.82) is 0 Å². The van der Waals surface area contributed by atoms with E-state index < -0.39 is 5.60 Å². The third-order valence-electron chi connectivity index (χ3n) is 3.14. The quantitative estimate of drug-likeness (QED) is 0.470. The van der Waals surface area contributed by atoms with Gasteiger partial charge in [0.25, 0.3) is 0 Å². The average Bonchev–Trinajstić information content (AvgIpc) is 2.44. The summed E-state index contributed by atoms with van der Waals surface area (Å²) in [6.45, 7) is 7.66. The van der Waals surface area contributed by atoms with Gasteiger partial charge in [0.1, 0.15) is 11.4 Å². The Morgan fingerprint density at radius 3 is 2.33 bits per heavy atom. The van der Waals surface area contributed by atoms with Gasteiger partial charge in [-0.3, -0.25) is 4.79 Å². The van der Waals surface area contributed by atoms with Gasteiger partial charge in [-0.1, -0.05) is 18.2 Å². The van der Waals surface area contributed by atoms with Gasteiger partial charge in [-0.05, 0) is 52.0 Å². The van der Waals surface area contributed by atoms with Gasteiger partial charge in [0.2, 0.25) is 0 Å². The number of ether oxygens (including phenoxy) is 1. The molecule has 0 aliphatic heterocycles. The zero-order valence-corrected chi connectivity index (χ0v) is 13.2. The molecule has 0 heterocycles. The molecule has 0 saturated carbocycles. The second kappa shape index (κ2) is 7.79. The van der Waals surface area contributed by atoms with Crippen LogP contribution in [-0.2, 0) is 0 Å². The molecule has 0 spiro atoms. The van der Waals surface area contributed by atoms with Crippen LogP contribution in [0, 0.1) is 0 Å². The van der Waals surface area contributed by atoms with E-state index in [9.17, 15) is 4.79 Å². The first-order valence-corrected chi connectivity index (χ1v) is 7.17. The van der Waals surface area contributed by atoms with Crippen molar-refractivity contribution >= 4 is 5.78 Å². The molecule has 3 nitrogen and oxygen atoms in total. The summed E-state index contributed by atoms with van der Waals surface area (Å²) in [4.78, 5) is 12.3. The van der Waals surface area contributed by atoms with Crippen LogP contribution in [-0.4, -0.2) is 23.1 Å². The van der Waals surface area contributed by atoms with Gasteiger partial charge in [0.05, 0.1) is 0 Å². The van der Waals surface area contributed by atoms with Crippen molar-refractivity contribution in [2.75, 3.05) is 6.61 Å². The first kappa shape index (κ1) is 17.2. The topological polar surface area (TPSA) is 46.5 Å². The largest absolute Gasteiger partial charge is 0.488 e. The highest BCUT2D eigenvalue weighted by atomic mass is 16.5. The lowest BCUT2D eigenvalue weighted by molar-refractivity contribution is 0.0765. The Balaban J connectivity index is 2.85. The molecule has 1 aromatic rings. The van der Waals surface area contributed by atoms with Crippen molar-refractivity contribution < 1.29 is 14.6 Å². The Labute approximate surface area is 127 Å². The molecular weight excluding hydrogens is 264 g/mol. The fourth-order valence-corrected chi connectivity index (χ4v) is 1.96. The molecule has 0 unspecified atom stereocenters. The number of hydrogen-bond donors (Lipinski definition) is 1. The molecule has 21 heavy (non-hydrogen) atoms. The van der Waals surface area contributed by atoms with E-state index in [2.05, 4.69) is 0 Å². The van der Waals surface area contributed by atoms with Crippen LogP contribution >= 0.6 is 0 Å². The minimum absolute atomic E-state index is 0.00299. The van der Waals surface area contributed by atoms with Crippen LogP contribution in [0.5, 0.6) is 5.75 Å². The maximum Gasteiger partial charge on any atom is 0.192 e. The standard InChI is InChI=1S/C18H24O3/c1-5-7-14(6-2)17(20)15-8-10-16(11-9-15)21-18(3,4)12-13-19/h5-11,19H,12-13H2,1-4H3/b7-5-,14-6+. The first-order chi connectivity index (χ1) is 9.93. The summed E-state index contributed by atoms with van der Waals surface area (Å²) in [7, 11) is 0. The van der Waals surface area contributed by atoms with E-state index in [1.54, 1.807) is 36.4 Å².